The fourth-order valence-corrected chi connectivity index (χ4v) is 3.81. The molecule has 20 heavy (non-hydrogen) atoms. The number of rotatable bonds is 2. The predicted molar refractivity (Wildman–Crippen MR) is 80.6 cm³/mol. The molecule has 0 aromatic carbocycles. The van der Waals surface area contributed by atoms with Gasteiger partial charge in [0.05, 0.1) is 5.92 Å². The molecule has 0 atom stereocenters. The molecule has 0 spiro atoms. The van der Waals surface area contributed by atoms with E-state index in [0.717, 1.165) is 38.1 Å². The lowest BCUT2D eigenvalue weighted by Crippen LogP contribution is -2.59. The van der Waals surface area contributed by atoms with E-state index in [9.17, 15) is 4.79 Å². The van der Waals surface area contributed by atoms with Gasteiger partial charge in [0.25, 0.3) is 0 Å². The summed E-state index contributed by atoms with van der Waals surface area (Å²) < 4.78 is 0. The van der Waals surface area contributed by atoms with Gasteiger partial charge in [-0.3, -0.25) is 9.69 Å². The number of hydrogen-bond donors (Lipinski definition) is 0. The van der Waals surface area contributed by atoms with Crippen molar-refractivity contribution in [2.24, 2.45) is 11.8 Å². The lowest BCUT2D eigenvalue weighted by Gasteiger charge is -2.47. The number of nitrogens with zero attached hydrogens (tertiary/aromatic N) is 3. The molecule has 0 aromatic rings. The number of carbonyl (C=O) groups excluding carboxylic acids is 1. The van der Waals surface area contributed by atoms with Crippen molar-refractivity contribution in [2.45, 2.75) is 38.6 Å². The maximum Gasteiger partial charge on any atom is 0.228 e. The standard InChI is InChI=1S/C16H29N3O/c1-13-3-9-18(10-4-13)16(20)14-11-19(12-14)15-5-7-17(2)8-6-15/h13-15H,3-12H2,1-2H3. The number of hydrogen-bond acceptors (Lipinski definition) is 3. The van der Waals surface area contributed by atoms with E-state index in [0.29, 0.717) is 11.8 Å². The number of amides is 1. The van der Waals surface area contributed by atoms with Crippen LogP contribution in [-0.4, -0.2) is 73.0 Å². The van der Waals surface area contributed by atoms with Gasteiger partial charge in [-0.05, 0) is 51.7 Å². The first kappa shape index (κ1) is 14.3. The minimum absolute atomic E-state index is 0.295. The van der Waals surface area contributed by atoms with Crippen molar-refractivity contribution in [1.29, 1.82) is 0 Å². The molecular formula is C16H29N3O. The van der Waals surface area contributed by atoms with E-state index in [-0.39, 0.29) is 0 Å². The third-order valence-corrected chi connectivity index (χ3v) is 5.56. The molecule has 0 aromatic heterocycles. The molecule has 0 bridgehead atoms. The Bertz CT molecular complexity index is 338. The number of likely N-dealkylation sites (tertiary alicyclic amines) is 3. The third-order valence-electron chi connectivity index (χ3n) is 5.56. The Balaban J connectivity index is 1.42. The molecule has 4 nitrogen and oxygen atoms in total. The molecule has 0 unspecified atom stereocenters. The fourth-order valence-electron chi connectivity index (χ4n) is 3.81. The van der Waals surface area contributed by atoms with E-state index in [1.807, 2.05) is 0 Å². The van der Waals surface area contributed by atoms with Gasteiger partial charge in [0.2, 0.25) is 5.91 Å². The number of carbonyl (C=O) groups is 1. The Labute approximate surface area is 123 Å². The third kappa shape index (κ3) is 3.01. The number of piperidine rings is 2. The summed E-state index contributed by atoms with van der Waals surface area (Å²) in [6.07, 6.45) is 4.94. The minimum atomic E-state index is 0.295. The summed E-state index contributed by atoms with van der Waals surface area (Å²) in [7, 11) is 2.20. The minimum Gasteiger partial charge on any atom is -0.342 e. The Hall–Kier alpha value is -0.610. The van der Waals surface area contributed by atoms with Crippen LogP contribution in [-0.2, 0) is 4.79 Å². The van der Waals surface area contributed by atoms with Gasteiger partial charge < -0.3 is 9.80 Å². The van der Waals surface area contributed by atoms with Crippen molar-refractivity contribution in [1.82, 2.24) is 14.7 Å². The second-order valence-corrected chi connectivity index (χ2v) is 7.19. The zero-order valence-corrected chi connectivity index (χ0v) is 13.1. The first-order valence-corrected chi connectivity index (χ1v) is 8.35. The monoisotopic (exact) mass is 279 g/mol. The van der Waals surface area contributed by atoms with E-state index in [2.05, 4.69) is 28.7 Å². The van der Waals surface area contributed by atoms with Crippen LogP contribution in [0, 0.1) is 11.8 Å². The van der Waals surface area contributed by atoms with E-state index in [1.165, 1.54) is 38.8 Å². The van der Waals surface area contributed by atoms with Gasteiger partial charge in [0, 0.05) is 32.2 Å². The maximum absolute atomic E-state index is 12.5. The average Bonchev–Trinajstić information content (AvgIpc) is 2.40. The van der Waals surface area contributed by atoms with Crippen LogP contribution in [0.5, 0.6) is 0 Å². The van der Waals surface area contributed by atoms with Crippen LogP contribution in [0.3, 0.4) is 0 Å². The predicted octanol–water partition coefficient (Wildman–Crippen LogP) is 1.27. The van der Waals surface area contributed by atoms with Crippen LogP contribution < -0.4 is 0 Å². The smallest absolute Gasteiger partial charge is 0.228 e. The van der Waals surface area contributed by atoms with E-state index >= 15 is 0 Å². The van der Waals surface area contributed by atoms with Crippen molar-refractivity contribution < 1.29 is 4.79 Å². The van der Waals surface area contributed by atoms with E-state index in [4.69, 9.17) is 0 Å². The molecule has 3 aliphatic rings. The summed E-state index contributed by atoms with van der Waals surface area (Å²) in [5.41, 5.74) is 0. The lowest BCUT2D eigenvalue weighted by molar-refractivity contribution is -0.144. The molecule has 0 saturated carbocycles. The highest BCUT2D eigenvalue weighted by Gasteiger charge is 2.39. The zero-order chi connectivity index (χ0) is 14.1. The second-order valence-electron chi connectivity index (χ2n) is 7.19. The van der Waals surface area contributed by atoms with Crippen LogP contribution in [0.1, 0.15) is 32.6 Å². The first-order valence-electron chi connectivity index (χ1n) is 8.35. The van der Waals surface area contributed by atoms with Crippen molar-refractivity contribution in [2.75, 3.05) is 46.3 Å². The van der Waals surface area contributed by atoms with Gasteiger partial charge in [0.15, 0.2) is 0 Å². The Kier molecular flexibility index (Phi) is 4.32. The quantitative estimate of drug-likeness (QED) is 0.762. The lowest BCUT2D eigenvalue weighted by atomic mass is 9.91. The summed E-state index contributed by atoms with van der Waals surface area (Å²) in [6.45, 7) is 8.73. The molecule has 3 aliphatic heterocycles. The topological polar surface area (TPSA) is 26.8 Å². The van der Waals surface area contributed by atoms with Crippen LogP contribution in [0.4, 0.5) is 0 Å². The van der Waals surface area contributed by atoms with Crippen LogP contribution in [0.15, 0.2) is 0 Å². The highest BCUT2D eigenvalue weighted by molar-refractivity contribution is 5.80. The van der Waals surface area contributed by atoms with Gasteiger partial charge in [-0.15, -0.1) is 0 Å². The highest BCUT2D eigenvalue weighted by Crippen LogP contribution is 2.27. The van der Waals surface area contributed by atoms with Crippen molar-refractivity contribution >= 4 is 5.91 Å². The molecule has 114 valence electrons. The molecular weight excluding hydrogens is 250 g/mol. The van der Waals surface area contributed by atoms with E-state index in [1.54, 1.807) is 0 Å². The fraction of sp³-hybridized carbons (Fsp3) is 0.938. The summed E-state index contributed by atoms with van der Waals surface area (Å²) >= 11 is 0. The molecule has 1 amide bonds. The average molecular weight is 279 g/mol. The summed E-state index contributed by atoms with van der Waals surface area (Å²) in [5, 5.41) is 0. The van der Waals surface area contributed by atoms with Gasteiger partial charge >= 0.3 is 0 Å². The molecule has 0 aliphatic carbocycles. The Morgan fingerprint density at radius 2 is 1.55 bits per heavy atom. The van der Waals surface area contributed by atoms with Crippen molar-refractivity contribution in [3.63, 3.8) is 0 Å². The van der Waals surface area contributed by atoms with Gasteiger partial charge in [0.1, 0.15) is 0 Å². The molecule has 0 N–H and O–H groups in total. The molecule has 3 fully saturated rings. The summed E-state index contributed by atoms with van der Waals surface area (Å²) in [4.78, 5) is 19.5. The Morgan fingerprint density at radius 3 is 2.15 bits per heavy atom. The molecule has 3 rings (SSSR count). The van der Waals surface area contributed by atoms with Gasteiger partial charge in [-0.25, -0.2) is 0 Å². The molecule has 3 saturated heterocycles. The highest BCUT2D eigenvalue weighted by atomic mass is 16.2. The van der Waals surface area contributed by atoms with Crippen molar-refractivity contribution in [3.8, 4) is 0 Å². The normalized spacial score (nSPS) is 28.6. The van der Waals surface area contributed by atoms with E-state index < -0.39 is 0 Å². The Morgan fingerprint density at radius 1 is 0.950 bits per heavy atom. The van der Waals surface area contributed by atoms with Crippen LogP contribution in [0.25, 0.3) is 0 Å². The molecule has 0 radical (unpaired) electrons. The molecule has 4 heteroatoms. The zero-order valence-electron chi connectivity index (χ0n) is 13.1. The SMILES string of the molecule is CC1CCN(C(=O)C2CN(C3CCN(C)CC3)C2)CC1. The summed E-state index contributed by atoms with van der Waals surface area (Å²) in [6, 6.07) is 0.733. The van der Waals surface area contributed by atoms with Gasteiger partial charge in [-0.1, -0.05) is 6.92 Å². The second kappa shape index (κ2) is 6.02. The summed E-state index contributed by atoms with van der Waals surface area (Å²) in [5.74, 6) is 1.53. The molecule has 3 heterocycles. The largest absolute Gasteiger partial charge is 0.342 e. The van der Waals surface area contributed by atoms with Crippen LogP contribution in [0.2, 0.25) is 0 Å². The van der Waals surface area contributed by atoms with Gasteiger partial charge in [-0.2, -0.15) is 0 Å². The van der Waals surface area contributed by atoms with Crippen molar-refractivity contribution in [3.05, 3.63) is 0 Å². The first-order chi connectivity index (χ1) is 9.63. The van der Waals surface area contributed by atoms with Crippen LogP contribution >= 0.6 is 0 Å². The maximum atomic E-state index is 12.5.